The van der Waals surface area contributed by atoms with Gasteiger partial charge in [0.05, 0.1) is 28.5 Å². The van der Waals surface area contributed by atoms with E-state index in [1.807, 2.05) is 42.6 Å². The number of nitrogens with zero attached hydrogens (tertiary/aromatic N) is 4. The van der Waals surface area contributed by atoms with Gasteiger partial charge in [-0.1, -0.05) is 47.7 Å². The van der Waals surface area contributed by atoms with E-state index in [2.05, 4.69) is 24.0 Å². The van der Waals surface area contributed by atoms with E-state index >= 15 is 0 Å². The summed E-state index contributed by atoms with van der Waals surface area (Å²) in [5.74, 6) is -0.208. The lowest BCUT2D eigenvalue weighted by molar-refractivity contribution is -0.119. The molecule has 0 atom stereocenters. The molecule has 0 fully saturated rings. The molecule has 0 spiro atoms. The molecular weight excluding hydrogens is 440 g/mol. The molecule has 0 aliphatic heterocycles. The molecule has 2 aromatic carbocycles. The van der Waals surface area contributed by atoms with Gasteiger partial charge in [-0.3, -0.25) is 19.1 Å². The van der Waals surface area contributed by atoms with Gasteiger partial charge in [-0.05, 0) is 48.1 Å². The van der Waals surface area contributed by atoms with Crippen molar-refractivity contribution in [3.8, 4) is 0 Å². The Balaban J connectivity index is 1.54. The van der Waals surface area contributed by atoms with Gasteiger partial charge in [0.2, 0.25) is 5.91 Å². The molecule has 8 heteroatoms. The van der Waals surface area contributed by atoms with Crippen LogP contribution in [0, 0.1) is 13.8 Å². The van der Waals surface area contributed by atoms with E-state index in [4.69, 9.17) is 4.98 Å². The molecule has 5 aromatic rings. The maximum atomic E-state index is 13.5. The Kier molecular flexibility index (Phi) is 5.32. The summed E-state index contributed by atoms with van der Waals surface area (Å²) in [6.07, 6.45) is 1.45. The van der Waals surface area contributed by atoms with Gasteiger partial charge in [0.15, 0.2) is 5.13 Å². The molecule has 5 rings (SSSR count). The molecule has 3 aromatic heterocycles. The Morgan fingerprint density at radius 1 is 1.12 bits per heavy atom. The summed E-state index contributed by atoms with van der Waals surface area (Å²) in [5, 5.41) is 2.99. The molecule has 32 heavy (non-hydrogen) atoms. The first kappa shape index (κ1) is 20.5. The van der Waals surface area contributed by atoms with Crippen molar-refractivity contribution in [2.75, 3.05) is 4.90 Å². The number of rotatable bonds is 5. The zero-order valence-corrected chi connectivity index (χ0v) is 19.2. The minimum absolute atomic E-state index is 0.0988. The number of carbonyl (C=O) groups excluding carboxylic acids is 1. The second-order valence-electron chi connectivity index (χ2n) is 7.71. The number of anilines is 1. The zero-order chi connectivity index (χ0) is 22.2. The lowest BCUT2D eigenvalue weighted by Gasteiger charge is -2.20. The van der Waals surface area contributed by atoms with E-state index in [0.29, 0.717) is 21.9 Å². The van der Waals surface area contributed by atoms with Crippen LogP contribution < -0.4 is 10.5 Å². The number of aryl methyl sites for hydroxylation is 2. The maximum Gasteiger partial charge on any atom is 0.262 e. The second kappa shape index (κ2) is 8.29. The molecule has 0 radical (unpaired) electrons. The number of hydrogen-bond donors (Lipinski definition) is 0. The topological polar surface area (TPSA) is 68.1 Å². The number of carbonyl (C=O) groups is 1. The molecular formula is C24H20N4O2S2. The third-order valence-electron chi connectivity index (χ3n) is 5.29. The Morgan fingerprint density at radius 2 is 1.94 bits per heavy atom. The van der Waals surface area contributed by atoms with Crippen molar-refractivity contribution in [2.24, 2.45) is 0 Å². The molecule has 0 aliphatic rings. The van der Waals surface area contributed by atoms with Crippen molar-refractivity contribution in [3.63, 3.8) is 0 Å². The van der Waals surface area contributed by atoms with Crippen LogP contribution in [0.15, 0.2) is 65.0 Å². The van der Waals surface area contributed by atoms with Crippen LogP contribution in [0.1, 0.15) is 16.7 Å². The maximum absolute atomic E-state index is 13.5. The summed E-state index contributed by atoms with van der Waals surface area (Å²) in [6.45, 7) is 4.36. The van der Waals surface area contributed by atoms with Gasteiger partial charge >= 0.3 is 0 Å². The van der Waals surface area contributed by atoms with Crippen molar-refractivity contribution < 1.29 is 4.79 Å². The molecule has 3 heterocycles. The summed E-state index contributed by atoms with van der Waals surface area (Å²) in [5.41, 5.74) is 3.93. The predicted octanol–water partition coefficient (Wildman–Crippen LogP) is 4.92. The van der Waals surface area contributed by atoms with Crippen molar-refractivity contribution >= 4 is 54.1 Å². The number of amides is 1. The van der Waals surface area contributed by atoms with Gasteiger partial charge in [-0.2, -0.15) is 0 Å². The van der Waals surface area contributed by atoms with Gasteiger partial charge in [0, 0.05) is 0 Å². The molecule has 0 aliphatic carbocycles. The normalized spacial score (nSPS) is 11.3. The number of benzene rings is 2. The van der Waals surface area contributed by atoms with Gasteiger partial charge in [-0.15, -0.1) is 11.3 Å². The summed E-state index contributed by atoms with van der Waals surface area (Å²) in [4.78, 5) is 37.8. The lowest BCUT2D eigenvalue weighted by Crippen LogP contribution is -2.36. The SMILES string of the molecule is Cc1cc(C)c2nc(N(Cc3ccccc3)C(=O)Cn3cnc4sccc4c3=O)sc2c1. The highest BCUT2D eigenvalue weighted by atomic mass is 32.1. The molecule has 0 saturated carbocycles. The van der Waals surface area contributed by atoms with Gasteiger partial charge in [-0.25, -0.2) is 9.97 Å². The van der Waals surface area contributed by atoms with Gasteiger partial charge in [0.1, 0.15) is 11.4 Å². The highest BCUT2D eigenvalue weighted by Crippen LogP contribution is 2.32. The Morgan fingerprint density at radius 3 is 2.75 bits per heavy atom. The summed E-state index contributed by atoms with van der Waals surface area (Å²) < 4.78 is 2.42. The monoisotopic (exact) mass is 460 g/mol. The smallest absolute Gasteiger partial charge is 0.262 e. The van der Waals surface area contributed by atoms with E-state index in [9.17, 15) is 9.59 Å². The minimum atomic E-state index is -0.208. The number of fused-ring (bicyclic) bond motifs is 2. The van der Waals surface area contributed by atoms with Crippen molar-refractivity contribution in [1.82, 2.24) is 14.5 Å². The number of hydrogen-bond acceptors (Lipinski definition) is 6. The Labute approximate surface area is 192 Å². The minimum Gasteiger partial charge on any atom is -0.289 e. The van der Waals surface area contributed by atoms with Crippen LogP contribution >= 0.6 is 22.7 Å². The third-order valence-corrected chi connectivity index (χ3v) is 7.14. The van der Waals surface area contributed by atoms with Crippen LogP contribution in [-0.4, -0.2) is 20.4 Å². The first-order valence-corrected chi connectivity index (χ1v) is 11.8. The highest BCUT2D eigenvalue weighted by molar-refractivity contribution is 7.22. The summed E-state index contributed by atoms with van der Waals surface area (Å²) in [7, 11) is 0. The molecule has 1 amide bonds. The number of thiophene rings is 1. The molecule has 0 saturated heterocycles. The van der Waals surface area contributed by atoms with Crippen LogP contribution in [-0.2, 0) is 17.9 Å². The zero-order valence-electron chi connectivity index (χ0n) is 17.6. The van der Waals surface area contributed by atoms with E-state index in [0.717, 1.165) is 26.9 Å². The molecule has 0 unspecified atom stereocenters. The lowest BCUT2D eigenvalue weighted by atomic mass is 10.1. The van der Waals surface area contributed by atoms with Crippen molar-refractivity contribution in [3.05, 3.63) is 87.3 Å². The fraction of sp³-hybridized carbons (Fsp3) is 0.167. The first-order valence-electron chi connectivity index (χ1n) is 10.1. The van der Waals surface area contributed by atoms with E-state index < -0.39 is 0 Å². The summed E-state index contributed by atoms with van der Waals surface area (Å²) in [6, 6.07) is 15.7. The first-order chi connectivity index (χ1) is 15.5. The number of aromatic nitrogens is 3. The second-order valence-corrected chi connectivity index (χ2v) is 9.61. The van der Waals surface area contributed by atoms with Crippen LogP contribution in [0.4, 0.5) is 5.13 Å². The van der Waals surface area contributed by atoms with E-state index in [1.165, 1.54) is 33.6 Å². The molecule has 0 bridgehead atoms. The van der Waals surface area contributed by atoms with Crippen LogP contribution in [0.2, 0.25) is 0 Å². The molecule has 6 nitrogen and oxygen atoms in total. The van der Waals surface area contributed by atoms with Crippen LogP contribution in [0.3, 0.4) is 0 Å². The Hall–Kier alpha value is -3.36. The third kappa shape index (κ3) is 3.83. The van der Waals surface area contributed by atoms with Gasteiger partial charge < -0.3 is 0 Å². The summed E-state index contributed by atoms with van der Waals surface area (Å²) >= 11 is 2.90. The predicted molar refractivity (Wildman–Crippen MR) is 131 cm³/mol. The highest BCUT2D eigenvalue weighted by Gasteiger charge is 2.22. The van der Waals surface area contributed by atoms with Crippen LogP contribution in [0.25, 0.3) is 20.4 Å². The van der Waals surface area contributed by atoms with Crippen molar-refractivity contribution in [1.29, 1.82) is 0 Å². The quantitative estimate of drug-likeness (QED) is 0.373. The molecule has 160 valence electrons. The average Bonchev–Trinajstić information content (AvgIpc) is 3.42. The average molecular weight is 461 g/mol. The van der Waals surface area contributed by atoms with Crippen LogP contribution in [0.5, 0.6) is 0 Å². The standard InChI is InChI=1S/C24H20N4O2S2/c1-15-10-16(2)21-19(11-15)32-24(26-21)28(12-17-6-4-3-5-7-17)20(29)13-27-14-25-22-18(23(27)30)8-9-31-22/h3-11,14H,12-13H2,1-2H3. The van der Waals surface area contributed by atoms with E-state index in [-0.39, 0.29) is 18.0 Å². The Bertz CT molecular complexity index is 1500. The van der Waals surface area contributed by atoms with E-state index in [1.54, 1.807) is 11.0 Å². The fourth-order valence-corrected chi connectivity index (χ4v) is 5.62. The number of thiazole rings is 1. The largest absolute Gasteiger partial charge is 0.289 e. The van der Waals surface area contributed by atoms with Gasteiger partial charge in [0.25, 0.3) is 5.56 Å². The fourth-order valence-electron chi connectivity index (χ4n) is 3.74. The molecule has 0 N–H and O–H groups in total. The van der Waals surface area contributed by atoms with Crippen molar-refractivity contribution in [2.45, 2.75) is 26.9 Å².